The van der Waals surface area contributed by atoms with E-state index in [1.54, 1.807) is 42.5 Å². The fraction of sp³-hybridized carbons (Fsp3) is 0.167. The van der Waals surface area contributed by atoms with Crippen LogP contribution in [0.25, 0.3) is 0 Å². The smallest absolute Gasteiger partial charge is 0.243 e. The summed E-state index contributed by atoms with van der Waals surface area (Å²) in [7, 11) is -1.03. The number of carbonyl (C=O) groups is 2. The molecule has 0 aliphatic rings. The number of para-hydroxylation sites is 1. The van der Waals surface area contributed by atoms with Crippen LogP contribution >= 0.6 is 0 Å². The number of sulfone groups is 1. The summed E-state index contributed by atoms with van der Waals surface area (Å²) in [4.78, 5) is 24.0. The van der Waals surface area contributed by atoms with Gasteiger partial charge in [-0.05, 0) is 43.3 Å². The average molecular weight is 469 g/mol. The second kappa shape index (κ2) is 10.2. The first-order chi connectivity index (χ1) is 15.8. The Kier molecular flexibility index (Phi) is 7.34. The fourth-order valence-corrected chi connectivity index (χ4v) is 4.61. The lowest BCUT2D eigenvalue weighted by Crippen LogP contribution is -2.22. The predicted octanol–water partition coefficient (Wildman–Crippen LogP) is 3.79. The summed E-state index contributed by atoms with van der Waals surface area (Å²) in [6.45, 7) is 1.26. The van der Waals surface area contributed by atoms with Gasteiger partial charge in [-0.25, -0.2) is 8.42 Å². The Hall–Kier alpha value is -3.85. The van der Waals surface area contributed by atoms with Crippen molar-refractivity contribution in [2.24, 2.45) is 0 Å². The molecule has 0 aliphatic carbocycles. The molecule has 0 unspecified atom stereocenters. The maximum Gasteiger partial charge on any atom is 0.243 e. The maximum absolute atomic E-state index is 13.3. The average Bonchev–Trinajstić information content (AvgIpc) is 2.82. The maximum atomic E-state index is 13.3. The van der Waals surface area contributed by atoms with Crippen LogP contribution in [0, 0.1) is 0 Å². The molecule has 0 spiro atoms. The van der Waals surface area contributed by atoms with Crippen LogP contribution in [0.4, 0.5) is 11.4 Å². The third kappa shape index (κ3) is 5.50. The van der Waals surface area contributed by atoms with E-state index in [4.69, 9.17) is 9.47 Å². The molecule has 0 bridgehead atoms. The van der Waals surface area contributed by atoms with Crippen LogP contribution in [-0.2, 0) is 14.6 Å². The van der Waals surface area contributed by atoms with Gasteiger partial charge in [-0.15, -0.1) is 0 Å². The second-order valence-corrected chi connectivity index (χ2v) is 8.97. The Labute approximate surface area is 192 Å². The molecule has 0 aliphatic heterocycles. The zero-order chi connectivity index (χ0) is 24.0. The first kappa shape index (κ1) is 23.8. The SMILES string of the molecule is COc1ccc(S(=O)(=O)c2ccccc2NCC(=O)Nc2cccc(C(C)=O)c2)cc1OC. The van der Waals surface area contributed by atoms with Crippen molar-refractivity contribution < 1.29 is 27.5 Å². The van der Waals surface area contributed by atoms with Crippen LogP contribution in [0.1, 0.15) is 17.3 Å². The third-order valence-electron chi connectivity index (χ3n) is 4.83. The molecule has 8 nitrogen and oxygen atoms in total. The van der Waals surface area contributed by atoms with Gasteiger partial charge in [0, 0.05) is 17.3 Å². The number of methoxy groups -OCH3 is 2. The van der Waals surface area contributed by atoms with Crippen molar-refractivity contribution in [3.8, 4) is 11.5 Å². The van der Waals surface area contributed by atoms with E-state index in [0.717, 1.165) is 0 Å². The summed E-state index contributed by atoms with van der Waals surface area (Å²) in [5.41, 5.74) is 1.23. The summed E-state index contributed by atoms with van der Waals surface area (Å²) in [6, 6.07) is 17.2. The standard InChI is InChI=1S/C24H24N2O6S/c1-16(27)17-7-6-8-18(13-17)26-24(28)15-25-20-9-4-5-10-23(20)33(29,30)19-11-12-21(31-2)22(14-19)32-3/h4-14,25H,15H2,1-3H3,(H,26,28). The summed E-state index contributed by atoms with van der Waals surface area (Å²) in [5, 5.41) is 5.58. The topological polar surface area (TPSA) is 111 Å². The molecule has 172 valence electrons. The molecule has 33 heavy (non-hydrogen) atoms. The number of ether oxygens (including phenoxy) is 2. The molecular weight excluding hydrogens is 444 g/mol. The number of anilines is 2. The third-order valence-corrected chi connectivity index (χ3v) is 6.64. The monoisotopic (exact) mass is 468 g/mol. The number of hydrogen-bond donors (Lipinski definition) is 2. The van der Waals surface area contributed by atoms with Crippen molar-refractivity contribution in [3.05, 3.63) is 72.3 Å². The quantitative estimate of drug-likeness (QED) is 0.460. The molecule has 1 amide bonds. The fourth-order valence-electron chi connectivity index (χ4n) is 3.15. The minimum atomic E-state index is -3.92. The molecule has 0 saturated carbocycles. The van der Waals surface area contributed by atoms with Crippen molar-refractivity contribution in [3.63, 3.8) is 0 Å². The van der Waals surface area contributed by atoms with Crippen LogP contribution in [-0.4, -0.2) is 40.9 Å². The Morgan fingerprint density at radius 3 is 2.30 bits per heavy atom. The minimum Gasteiger partial charge on any atom is -0.493 e. The van der Waals surface area contributed by atoms with Gasteiger partial charge in [-0.2, -0.15) is 0 Å². The van der Waals surface area contributed by atoms with Crippen LogP contribution in [0.5, 0.6) is 11.5 Å². The minimum absolute atomic E-state index is 0.0172. The second-order valence-electron chi connectivity index (χ2n) is 7.06. The van der Waals surface area contributed by atoms with Gasteiger partial charge in [0.05, 0.1) is 36.2 Å². The first-order valence-corrected chi connectivity index (χ1v) is 11.5. The summed E-state index contributed by atoms with van der Waals surface area (Å²) >= 11 is 0. The molecule has 0 radical (unpaired) electrons. The molecule has 0 heterocycles. The molecule has 2 N–H and O–H groups in total. The van der Waals surface area contributed by atoms with Crippen LogP contribution in [0.15, 0.2) is 76.5 Å². The van der Waals surface area contributed by atoms with Gasteiger partial charge >= 0.3 is 0 Å². The van der Waals surface area contributed by atoms with Gasteiger partial charge in [0.1, 0.15) is 0 Å². The lowest BCUT2D eigenvalue weighted by Gasteiger charge is -2.14. The Balaban J connectivity index is 1.80. The van der Waals surface area contributed by atoms with E-state index in [1.807, 2.05) is 0 Å². The van der Waals surface area contributed by atoms with E-state index in [0.29, 0.717) is 17.0 Å². The first-order valence-electron chi connectivity index (χ1n) is 9.97. The lowest BCUT2D eigenvalue weighted by molar-refractivity contribution is -0.114. The zero-order valence-corrected chi connectivity index (χ0v) is 19.2. The number of nitrogens with one attached hydrogen (secondary N) is 2. The van der Waals surface area contributed by atoms with E-state index in [9.17, 15) is 18.0 Å². The van der Waals surface area contributed by atoms with Gasteiger partial charge in [0.2, 0.25) is 15.7 Å². The van der Waals surface area contributed by atoms with Gasteiger partial charge in [-0.3, -0.25) is 9.59 Å². The number of ketones is 1. The molecule has 9 heteroatoms. The van der Waals surface area contributed by atoms with Crippen molar-refractivity contribution in [1.29, 1.82) is 0 Å². The lowest BCUT2D eigenvalue weighted by atomic mass is 10.1. The highest BCUT2D eigenvalue weighted by molar-refractivity contribution is 7.91. The molecule has 0 atom stereocenters. The highest BCUT2D eigenvalue weighted by atomic mass is 32.2. The van der Waals surface area contributed by atoms with Crippen LogP contribution in [0.3, 0.4) is 0 Å². The van der Waals surface area contributed by atoms with E-state index in [1.165, 1.54) is 45.4 Å². The highest BCUT2D eigenvalue weighted by Crippen LogP contribution is 2.34. The van der Waals surface area contributed by atoms with Crippen molar-refractivity contribution in [2.75, 3.05) is 31.4 Å². The highest BCUT2D eigenvalue weighted by Gasteiger charge is 2.23. The van der Waals surface area contributed by atoms with E-state index < -0.39 is 15.7 Å². The number of hydrogen-bond acceptors (Lipinski definition) is 7. The number of carbonyl (C=O) groups excluding carboxylic acids is 2. The summed E-state index contributed by atoms with van der Waals surface area (Å²) in [5.74, 6) is 0.192. The van der Waals surface area contributed by atoms with E-state index in [-0.39, 0.29) is 33.6 Å². The van der Waals surface area contributed by atoms with Crippen molar-refractivity contribution in [1.82, 2.24) is 0 Å². The van der Waals surface area contributed by atoms with Crippen molar-refractivity contribution >= 4 is 32.9 Å². The molecule has 0 fully saturated rings. The molecule has 0 saturated heterocycles. The Morgan fingerprint density at radius 1 is 0.879 bits per heavy atom. The molecule has 3 aromatic carbocycles. The van der Waals surface area contributed by atoms with Gasteiger partial charge in [0.15, 0.2) is 17.3 Å². The summed E-state index contributed by atoms with van der Waals surface area (Å²) in [6.07, 6.45) is 0. The predicted molar refractivity (Wildman–Crippen MR) is 125 cm³/mol. The molecule has 0 aromatic heterocycles. The Morgan fingerprint density at radius 2 is 1.61 bits per heavy atom. The van der Waals surface area contributed by atoms with Gasteiger partial charge in [0.25, 0.3) is 0 Å². The van der Waals surface area contributed by atoms with Crippen molar-refractivity contribution in [2.45, 2.75) is 16.7 Å². The molecule has 3 rings (SSSR count). The van der Waals surface area contributed by atoms with Gasteiger partial charge < -0.3 is 20.1 Å². The van der Waals surface area contributed by atoms with Crippen LogP contribution < -0.4 is 20.1 Å². The molecular formula is C24H24N2O6S. The van der Waals surface area contributed by atoms with E-state index in [2.05, 4.69) is 10.6 Å². The number of benzene rings is 3. The van der Waals surface area contributed by atoms with Crippen LogP contribution in [0.2, 0.25) is 0 Å². The number of Topliss-reactive ketones (excluding diaryl/α,β-unsaturated/α-hetero) is 1. The largest absolute Gasteiger partial charge is 0.493 e. The molecule has 3 aromatic rings. The number of rotatable bonds is 9. The zero-order valence-electron chi connectivity index (χ0n) is 18.4. The Bertz CT molecular complexity index is 1290. The van der Waals surface area contributed by atoms with Gasteiger partial charge in [-0.1, -0.05) is 24.3 Å². The normalized spacial score (nSPS) is 10.9. The number of amides is 1. The summed E-state index contributed by atoms with van der Waals surface area (Å²) < 4.78 is 37.0. The van der Waals surface area contributed by atoms with E-state index >= 15 is 0 Å².